The predicted molar refractivity (Wildman–Crippen MR) is 98.3 cm³/mol. The van der Waals surface area contributed by atoms with Gasteiger partial charge in [0.05, 0.1) is 24.4 Å². The first-order chi connectivity index (χ1) is 12.5. The first kappa shape index (κ1) is 17.5. The quantitative estimate of drug-likeness (QED) is 0.896. The number of amides is 1. The number of nitrogens with zero attached hydrogens (tertiary/aromatic N) is 2. The van der Waals surface area contributed by atoms with Gasteiger partial charge in [0, 0.05) is 25.1 Å². The number of nitrogens with one attached hydrogen (secondary N) is 1. The Balaban J connectivity index is 1.46. The molecule has 3 heterocycles. The smallest absolute Gasteiger partial charge is 0.235 e. The van der Waals surface area contributed by atoms with Gasteiger partial charge in [-0.05, 0) is 57.1 Å². The van der Waals surface area contributed by atoms with Crippen LogP contribution in [0.2, 0.25) is 0 Å². The highest BCUT2D eigenvalue weighted by Crippen LogP contribution is 2.49. The van der Waals surface area contributed by atoms with E-state index in [1.54, 1.807) is 20.2 Å². The molecule has 1 amide bonds. The Morgan fingerprint density at radius 2 is 2.15 bits per heavy atom. The summed E-state index contributed by atoms with van der Waals surface area (Å²) in [4.78, 5) is 30.9. The lowest BCUT2D eigenvalue weighted by Gasteiger charge is -2.39. The van der Waals surface area contributed by atoms with Gasteiger partial charge in [0.15, 0.2) is 0 Å². The number of carbonyl (C=O) groups is 2. The Labute approximate surface area is 154 Å². The fraction of sp³-hybridized carbons (Fsp3) is 0.650. The summed E-state index contributed by atoms with van der Waals surface area (Å²) >= 11 is 0. The van der Waals surface area contributed by atoms with E-state index in [9.17, 15) is 9.59 Å². The minimum Gasteiger partial charge on any atom is -0.481 e. The standard InChI is InChI=1S/C20H27N3O3/c1-13(24)9-14-5-8-23(12-14)15-3-6-20(7-4-15)16-10-18(26-2)21-11-17(16)22-19(20)25/h10-11,14-15H,3-9,12H2,1-2H3,(H,22,25)/t14-,15?,20?/m1/s1. The molecule has 26 heavy (non-hydrogen) atoms. The maximum atomic E-state index is 12.8. The number of fused-ring (bicyclic) bond motifs is 2. The summed E-state index contributed by atoms with van der Waals surface area (Å²) in [5, 5.41) is 3.01. The molecule has 1 saturated heterocycles. The first-order valence-electron chi connectivity index (χ1n) is 9.61. The summed E-state index contributed by atoms with van der Waals surface area (Å²) in [6.07, 6.45) is 7.28. The molecule has 3 aliphatic rings. The second-order valence-electron chi connectivity index (χ2n) is 8.10. The highest BCUT2D eigenvalue weighted by atomic mass is 16.5. The topological polar surface area (TPSA) is 71.5 Å². The molecule has 1 aromatic rings. The van der Waals surface area contributed by atoms with Crippen LogP contribution in [0.1, 0.15) is 51.0 Å². The molecule has 0 unspecified atom stereocenters. The van der Waals surface area contributed by atoms with Gasteiger partial charge in [0.25, 0.3) is 0 Å². The van der Waals surface area contributed by atoms with E-state index in [2.05, 4.69) is 15.2 Å². The first-order valence-corrected chi connectivity index (χ1v) is 9.61. The number of anilines is 1. The Morgan fingerprint density at radius 3 is 2.85 bits per heavy atom. The summed E-state index contributed by atoms with van der Waals surface area (Å²) in [6, 6.07) is 2.45. The maximum absolute atomic E-state index is 12.8. The number of hydrogen-bond acceptors (Lipinski definition) is 5. The molecule has 1 spiro atoms. The van der Waals surface area contributed by atoms with Crippen molar-refractivity contribution in [3.8, 4) is 5.88 Å². The Hall–Kier alpha value is -1.95. The molecule has 1 atom stereocenters. The van der Waals surface area contributed by atoms with Gasteiger partial charge >= 0.3 is 0 Å². The number of pyridine rings is 1. The van der Waals surface area contributed by atoms with Crippen molar-refractivity contribution in [2.45, 2.75) is 56.9 Å². The molecule has 2 aliphatic heterocycles. The van der Waals surface area contributed by atoms with Crippen molar-refractivity contribution in [1.29, 1.82) is 0 Å². The average molecular weight is 357 g/mol. The zero-order chi connectivity index (χ0) is 18.3. The molecular weight excluding hydrogens is 330 g/mol. The summed E-state index contributed by atoms with van der Waals surface area (Å²) in [5.41, 5.74) is 1.45. The van der Waals surface area contributed by atoms with Gasteiger partial charge in [-0.2, -0.15) is 0 Å². The fourth-order valence-electron chi connectivity index (χ4n) is 5.13. The van der Waals surface area contributed by atoms with Gasteiger partial charge in [-0.1, -0.05) is 0 Å². The third kappa shape index (κ3) is 2.90. The number of ether oxygens (including phenoxy) is 1. The fourth-order valence-corrected chi connectivity index (χ4v) is 5.13. The predicted octanol–water partition coefficient (Wildman–Crippen LogP) is 2.52. The second kappa shape index (κ2) is 6.65. The van der Waals surface area contributed by atoms with Crippen LogP contribution in [0, 0.1) is 5.92 Å². The number of aromatic nitrogens is 1. The molecule has 0 bridgehead atoms. The van der Waals surface area contributed by atoms with Crippen molar-refractivity contribution in [1.82, 2.24) is 9.88 Å². The third-order valence-electron chi connectivity index (χ3n) is 6.50. The van der Waals surface area contributed by atoms with Crippen LogP contribution in [-0.4, -0.2) is 47.8 Å². The monoisotopic (exact) mass is 357 g/mol. The average Bonchev–Trinajstić information content (AvgIpc) is 3.19. The Morgan fingerprint density at radius 1 is 1.38 bits per heavy atom. The van der Waals surface area contributed by atoms with E-state index in [0.717, 1.165) is 56.4 Å². The van der Waals surface area contributed by atoms with Gasteiger partial charge < -0.3 is 19.7 Å². The molecule has 1 saturated carbocycles. The summed E-state index contributed by atoms with van der Waals surface area (Å²) < 4.78 is 5.27. The number of likely N-dealkylation sites (tertiary alicyclic amines) is 1. The van der Waals surface area contributed by atoms with Crippen LogP contribution in [0.4, 0.5) is 5.69 Å². The highest BCUT2D eigenvalue weighted by Gasteiger charge is 2.50. The zero-order valence-corrected chi connectivity index (χ0v) is 15.6. The molecule has 6 heteroatoms. The van der Waals surface area contributed by atoms with Crippen molar-refractivity contribution >= 4 is 17.4 Å². The van der Waals surface area contributed by atoms with Crippen LogP contribution in [0.25, 0.3) is 0 Å². The Kier molecular flexibility index (Phi) is 4.47. The van der Waals surface area contributed by atoms with Crippen LogP contribution >= 0.6 is 0 Å². The normalized spacial score (nSPS) is 31.1. The lowest BCUT2D eigenvalue weighted by molar-refractivity contribution is -0.122. The minimum absolute atomic E-state index is 0.108. The molecule has 1 aliphatic carbocycles. The van der Waals surface area contributed by atoms with Gasteiger partial charge in [0.2, 0.25) is 11.8 Å². The van der Waals surface area contributed by atoms with E-state index >= 15 is 0 Å². The lowest BCUT2D eigenvalue weighted by Crippen LogP contribution is -2.44. The number of hydrogen-bond donors (Lipinski definition) is 1. The molecule has 140 valence electrons. The summed E-state index contributed by atoms with van der Waals surface area (Å²) in [5.74, 6) is 1.47. The van der Waals surface area contributed by atoms with Crippen molar-refractivity contribution < 1.29 is 14.3 Å². The minimum atomic E-state index is -0.430. The van der Waals surface area contributed by atoms with Crippen molar-refractivity contribution in [3.05, 3.63) is 17.8 Å². The second-order valence-corrected chi connectivity index (χ2v) is 8.10. The van der Waals surface area contributed by atoms with E-state index in [1.165, 1.54) is 0 Å². The van der Waals surface area contributed by atoms with E-state index in [4.69, 9.17) is 4.74 Å². The summed E-state index contributed by atoms with van der Waals surface area (Å²) in [6.45, 7) is 3.79. The number of methoxy groups -OCH3 is 1. The highest BCUT2D eigenvalue weighted by molar-refractivity contribution is 6.06. The number of ketones is 1. The molecule has 4 rings (SSSR count). The van der Waals surface area contributed by atoms with Crippen LogP contribution < -0.4 is 10.1 Å². The molecule has 1 aromatic heterocycles. The zero-order valence-electron chi connectivity index (χ0n) is 15.6. The summed E-state index contributed by atoms with van der Waals surface area (Å²) in [7, 11) is 1.60. The van der Waals surface area contributed by atoms with Crippen LogP contribution in [0.3, 0.4) is 0 Å². The van der Waals surface area contributed by atoms with Crippen LogP contribution in [0.5, 0.6) is 5.88 Å². The molecule has 0 aromatic carbocycles. The molecule has 1 N–H and O–H groups in total. The van der Waals surface area contributed by atoms with Crippen LogP contribution in [-0.2, 0) is 15.0 Å². The maximum Gasteiger partial charge on any atom is 0.235 e. The van der Waals surface area contributed by atoms with Crippen molar-refractivity contribution in [2.75, 3.05) is 25.5 Å². The lowest BCUT2D eigenvalue weighted by atomic mass is 9.69. The van der Waals surface area contributed by atoms with Gasteiger partial charge in [-0.3, -0.25) is 4.79 Å². The molecule has 6 nitrogen and oxygen atoms in total. The number of carbonyl (C=O) groups excluding carboxylic acids is 2. The third-order valence-corrected chi connectivity index (χ3v) is 6.50. The van der Waals surface area contributed by atoms with Crippen molar-refractivity contribution in [3.63, 3.8) is 0 Å². The van der Waals surface area contributed by atoms with E-state index in [-0.39, 0.29) is 5.91 Å². The van der Waals surface area contributed by atoms with E-state index in [0.29, 0.717) is 30.0 Å². The molecule has 0 radical (unpaired) electrons. The SMILES string of the molecule is COc1cc2c(cn1)NC(=O)C21CCC(N2CC[C@H](CC(C)=O)C2)CC1. The van der Waals surface area contributed by atoms with Gasteiger partial charge in [0.1, 0.15) is 5.78 Å². The van der Waals surface area contributed by atoms with Crippen LogP contribution in [0.15, 0.2) is 12.3 Å². The van der Waals surface area contributed by atoms with E-state index in [1.807, 2.05) is 6.07 Å². The van der Waals surface area contributed by atoms with Gasteiger partial charge in [-0.15, -0.1) is 0 Å². The van der Waals surface area contributed by atoms with E-state index < -0.39 is 5.41 Å². The van der Waals surface area contributed by atoms with Crippen molar-refractivity contribution in [2.24, 2.45) is 5.92 Å². The molecule has 2 fully saturated rings. The van der Waals surface area contributed by atoms with Gasteiger partial charge in [-0.25, -0.2) is 4.98 Å². The number of rotatable bonds is 4. The Bertz CT molecular complexity index is 725. The molecular formula is C20H27N3O3. The largest absolute Gasteiger partial charge is 0.481 e. The number of Topliss-reactive ketones (excluding diaryl/α,β-unsaturated/α-hetero) is 1.